The zero-order chi connectivity index (χ0) is 27.1. The number of halogens is 2. The van der Waals surface area contributed by atoms with Crippen LogP contribution in [0.1, 0.15) is 51.2 Å². The number of amides is 1. The molecule has 1 aliphatic rings. The zero-order valence-electron chi connectivity index (χ0n) is 21.2. The van der Waals surface area contributed by atoms with Gasteiger partial charge >= 0.3 is 5.97 Å². The molecule has 0 radical (unpaired) electrons. The fourth-order valence-corrected chi connectivity index (χ4v) is 3.64. The maximum absolute atomic E-state index is 14.1. The van der Waals surface area contributed by atoms with E-state index in [4.69, 9.17) is 19.3 Å². The predicted octanol–water partition coefficient (Wildman–Crippen LogP) is 3.68. The molecule has 0 aliphatic carbocycles. The average molecular weight is 519 g/mol. The zero-order valence-corrected chi connectivity index (χ0v) is 21.2. The van der Waals surface area contributed by atoms with Crippen LogP contribution in [0.2, 0.25) is 0 Å². The molecule has 8 nitrogen and oxygen atoms in total. The fraction of sp³-hybridized carbons (Fsp3) is 0.444. The summed E-state index contributed by atoms with van der Waals surface area (Å²) in [6.07, 6.45) is 0.361. The van der Waals surface area contributed by atoms with E-state index in [-0.39, 0.29) is 37.5 Å². The van der Waals surface area contributed by atoms with Crippen LogP contribution in [0.4, 0.5) is 8.78 Å². The van der Waals surface area contributed by atoms with Gasteiger partial charge in [0.1, 0.15) is 29.6 Å². The van der Waals surface area contributed by atoms with E-state index in [0.29, 0.717) is 24.3 Å². The van der Waals surface area contributed by atoms with Crippen molar-refractivity contribution in [1.29, 1.82) is 0 Å². The second-order valence-corrected chi connectivity index (χ2v) is 9.66. The number of esters is 1. The van der Waals surface area contributed by atoms with Crippen LogP contribution < -0.4 is 10.1 Å². The van der Waals surface area contributed by atoms with Gasteiger partial charge in [-0.25, -0.2) is 13.8 Å². The first-order valence-corrected chi connectivity index (χ1v) is 12.0. The van der Waals surface area contributed by atoms with Crippen LogP contribution in [0.25, 0.3) is 0 Å². The van der Waals surface area contributed by atoms with E-state index < -0.39 is 41.2 Å². The molecule has 37 heavy (non-hydrogen) atoms. The van der Waals surface area contributed by atoms with Gasteiger partial charge in [-0.15, -0.1) is 0 Å². The number of carbonyl (C=O) groups excluding carboxylic acids is 2. The van der Waals surface area contributed by atoms with Gasteiger partial charge in [0.15, 0.2) is 5.54 Å². The molecule has 1 atom stereocenters. The molecular weight excluding hydrogens is 486 g/mol. The van der Waals surface area contributed by atoms with Crippen LogP contribution in [-0.4, -0.2) is 53.8 Å². The van der Waals surface area contributed by atoms with E-state index in [0.717, 1.165) is 12.1 Å². The normalized spacial score (nSPS) is 17.1. The summed E-state index contributed by atoms with van der Waals surface area (Å²) >= 11 is 0. The lowest BCUT2D eigenvalue weighted by Gasteiger charge is -2.24. The Morgan fingerprint density at radius 3 is 2.43 bits per heavy atom. The van der Waals surface area contributed by atoms with Crippen molar-refractivity contribution >= 4 is 17.8 Å². The number of hydrogen-bond acceptors (Lipinski definition) is 7. The number of aliphatic hydroxyl groups excluding tert-OH is 1. The van der Waals surface area contributed by atoms with Crippen LogP contribution in [0.15, 0.2) is 47.5 Å². The van der Waals surface area contributed by atoms with Gasteiger partial charge in [-0.3, -0.25) is 9.59 Å². The summed E-state index contributed by atoms with van der Waals surface area (Å²) in [5.74, 6) is -1.91. The average Bonchev–Trinajstić information content (AvgIpc) is 3.28. The quantitative estimate of drug-likeness (QED) is 0.347. The number of benzene rings is 2. The molecule has 0 saturated carbocycles. The van der Waals surface area contributed by atoms with Crippen molar-refractivity contribution < 1.29 is 37.7 Å². The summed E-state index contributed by atoms with van der Waals surface area (Å²) in [5.41, 5.74) is -1.89. The van der Waals surface area contributed by atoms with Crippen LogP contribution in [0.3, 0.4) is 0 Å². The molecule has 2 aromatic carbocycles. The molecule has 0 unspecified atom stereocenters. The molecule has 0 spiro atoms. The minimum atomic E-state index is -1.50. The minimum Gasteiger partial charge on any atom is -0.494 e. The highest BCUT2D eigenvalue weighted by Gasteiger charge is 2.44. The number of carbonyl (C=O) groups is 2. The number of rotatable bonds is 11. The van der Waals surface area contributed by atoms with Crippen molar-refractivity contribution in [3.05, 3.63) is 65.2 Å². The second kappa shape index (κ2) is 12.1. The highest BCUT2D eigenvalue weighted by atomic mass is 19.1. The highest BCUT2D eigenvalue weighted by Crippen LogP contribution is 2.29. The third-order valence-electron chi connectivity index (χ3n) is 5.51. The smallest absolute Gasteiger partial charge is 0.306 e. The lowest BCUT2D eigenvalue weighted by molar-refractivity contribution is -0.155. The monoisotopic (exact) mass is 518 g/mol. The molecule has 1 heterocycles. The van der Waals surface area contributed by atoms with E-state index in [9.17, 15) is 18.4 Å². The Hall–Kier alpha value is -3.53. The first kappa shape index (κ1) is 28.0. The number of nitrogens with one attached hydrogen (secondary N) is 1. The highest BCUT2D eigenvalue weighted by molar-refractivity contribution is 6.00. The molecule has 0 saturated heterocycles. The van der Waals surface area contributed by atoms with Gasteiger partial charge in [-0.1, -0.05) is 6.07 Å². The Labute approximate surface area is 214 Å². The Kier molecular flexibility index (Phi) is 9.20. The lowest BCUT2D eigenvalue weighted by atomic mass is 9.94. The molecule has 0 aromatic heterocycles. The SMILES string of the molecule is CC(C)(C)OC(=O)CC[C@]1(C(=O)NCc2c(F)cccc2F)COC(c2ccc(OCCCO)cc2)=N1. The third-order valence-corrected chi connectivity index (χ3v) is 5.51. The number of ether oxygens (including phenoxy) is 3. The first-order chi connectivity index (χ1) is 17.5. The van der Waals surface area contributed by atoms with Crippen molar-refractivity contribution in [2.45, 2.75) is 57.7 Å². The Balaban J connectivity index is 1.79. The summed E-state index contributed by atoms with van der Waals surface area (Å²) in [4.78, 5) is 30.2. The number of hydrogen-bond donors (Lipinski definition) is 2. The summed E-state index contributed by atoms with van der Waals surface area (Å²) in [5, 5.41) is 11.4. The van der Waals surface area contributed by atoms with Gasteiger partial charge < -0.3 is 24.6 Å². The molecule has 0 fully saturated rings. The molecule has 2 N–H and O–H groups in total. The van der Waals surface area contributed by atoms with Gasteiger partial charge in [0, 0.05) is 37.1 Å². The third kappa shape index (κ3) is 7.72. The molecule has 2 aromatic rings. The fourth-order valence-electron chi connectivity index (χ4n) is 3.64. The van der Waals surface area contributed by atoms with Crippen LogP contribution in [-0.2, 0) is 25.6 Å². The van der Waals surface area contributed by atoms with Gasteiger partial charge in [0.25, 0.3) is 5.91 Å². The lowest BCUT2D eigenvalue weighted by Crippen LogP contribution is -2.47. The molecule has 200 valence electrons. The van der Waals surface area contributed by atoms with Crippen molar-refractivity contribution in [1.82, 2.24) is 5.32 Å². The topological polar surface area (TPSA) is 106 Å². The van der Waals surface area contributed by atoms with Crippen LogP contribution in [0, 0.1) is 11.6 Å². The van der Waals surface area contributed by atoms with Crippen molar-refractivity contribution in [2.24, 2.45) is 4.99 Å². The standard InChI is InChI=1S/C27H32F2N2O6/c1-26(2,3)37-23(33)12-13-27(25(34)30-16-20-21(28)6-4-7-22(20)29)17-36-24(31-27)18-8-10-19(11-9-18)35-15-5-14-32/h4,6-11,32H,5,12-17H2,1-3H3,(H,30,34)/t27-/m1/s1. The van der Waals surface area contributed by atoms with E-state index in [1.807, 2.05) is 0 Å². The summed E-state index contributed by atoms with van der Waals surface area (Å²) in [7, 11) is 0. The Morgan fingerprint density at radius 1 is 1.14 bits per heavy atom. The van der Waals surface area contributed by atoms with Crippen molar-refractivity contribution in [3.8, 4) is 5.75 Å². The van der Waals surface area contributed by atoms with E-state index in [1.165, 1.54) is 6.07 Å². The van der Waals surface area contributed by atoms with E-state index >= 15 is 0 Å². The van der Waals surface area contributed by atoms with Crippen LogP contribution >= 0.6 is 0 Å². The largest absolute Gasteiger partial charge is 0.494 e. The number of nitrogens with zero attached hydrogens (tertiary/aromatic N) is 1. The Morgan fingerprint density at radius 2 is 1.81 bits per heavy atom. The second-order valence-electron chi connectivity index (χ2n) is 9.66. The van der Waals surface area contributed by atoms with Crippen molar-refractivity contribution in [2.75, 3.05) is 19.8 Å². The Bertz CT molecular complexity index is 1110. The van der Waals surface area contributed by atoms with Gasteiger partial charge in [0.05, 0.1) is 6.61 Å². The van der Waals surface area contributed by atoms with Crippen LogP contribution in [0.5, 0.6) is 5.75 Å². The summed E-state index contributed by atoms with van der Waals surface area (Å²) in [6.45, 7) is 5.05. The molecule has 3 rings (SSSR count). The minimum absolute atomic E-state index is 0.0275. The van der Waals surface area contributed by atoms with E-state index in [2.05, 4.69) is 10.3 Å². The maximum Gasteiger partial charge on any atom is 0.306 e. The van der Waals surface area contributed by atoms with E-state index in [1.54, 1.807) is 45.0 Å². The van der Waals surface area contributed by atoms with Gasteiger partial charge in [-0.05, 0) is 63.6 Å². The summed E-state index contributed by atoms with van der Waals surface area (Å²) < 4.78 is 44.8. The van der Waals surface area contributed by atoms with Crippen molar-refractivity contribution in [3.63, 3.8) is 0 Å². The summed E-state index contributed by atoms with van der Waals surface area (Å²) in [6, 6.07) is 10.3. The molecule has 1 aliphatic heterocycles. The molecule has 10 heteroatoms. The van der Waals surface area contributed by atoms with Gasteiger partial charge in [0.2, 0.25) is 5.90 Å². The molecule has 0 bridgehead atoms. The predicted molar refractivity (Wildman–Crippen MR) is 132 cm³/mol. The first-order valence-electron chi connectivity index (χ1n) is 12.0. The number of aliphatic imine (C=N–C) groups is 1. The number of aliphatic hydroxyl groups is 1. The maximum atomic E-state index is 14.1. The molecule has 1 amide bonds. The molecular formula is C27H32F2N2O6. The van der Waals surface area contributed by atoms with Gasteiger partial charge in [-0.2, -0.15) is 0 Å².